The minimum atomic E-state index is -0.933. The fourth-order valence-electron chi connectivity index (χ4n) is 3.67. The van der Waals surface area contributed by atoms with E-state index in [4.69, 9.17) is 9.47 Å². The number of benzene rings is 2. The van der Waals surface area contributed by atoms with Crippen LogP contribution in [-0.4, -0.2) is 49.2 Å². The Morgan fingerprint density at radius 2 is 1.96 bits per heavy atom. The van der Waals surface area contributed by atoms with Crippen LogP contribution in [0.5, 0.6) is 11.5 Å². The molecular weight excluding hydrogens is 358 g/mol. The maximum atomic E-state index is 12.9. The van der Waals surface area contributed by atoms with E-state index in [0.717, 1.165) is 24.0 Å². The summed E-state index contributed by atoms with van der Waals surface area (Å²) in [6, 6.07) is 12.5. The minimum Gasteiger partial charge on any atom is -0.497 e. The number of carboxylic acid groups (broad SMARTS) is 1. The van der Waals surface area contributed by atoms with E-state index in [-0.39, 0.29) is 23.8 Å². The van der Waals surface area contributed by atoms with Crippen molar-refractivity contribution in [3.8, 4) is 11.5 Å². The number of rotatable bonds is 6. The van der Waals surface area contributed by atoms with Gasteiger partial charge in [-0.3, -0.25) is 4.79 Å². The van der Waals surface area contributed by atoms with Crippen LogP contribution in [0.15, 0.2) is 42.5 Å². The van der Waals surface area contributed by atoms with E-state index in [1.54, 1.807) is 38.5 Å². The van der Waals surface area contributed by atoms with Gasteiger partial charge in [-0.05, 0) is 36.6 Å². The molecule has 1 fully saturated rings. The van der Waals surface area contributed by atoms with E-state index in [1.807, 2.05) is 23.1 Å². The molecule has 1 aliphatic heterocycles. The van der Waals surface area contributed by atoms with Gasteiger partial charge in [-0.25, -0.2) is 4.79 Å². The molecule has 0 radical (unpaired) electrons. The fourth-order valence-corrected chi connectivity index (χ4v) is 3.67. The van der Waals surface area contributed by atoms with Gasteiger partial charge < -0.3 is 19.5 Å². The van der Waals surface area contributed by atoms with Crippen LogP contribution in [0.3, 0.4) is 0 Å². The molecule has 2 aromatic carbocycles. The van der Waals surface area contributed by atoms with Gasteiger partial charge in [-0.2, -0.15) is 0 Å². The molecule has 28 heavy (non-hydrogen) atoms. The molecule has 6 heteroatoms. The van der Waals surface area contributed by atoms with Crippen LogP contribution in [0.2, 0.25) is 0 Å². The van der Waals surface area contributed by atoms with E-state index in [1.165, 1.54) is 0 Å². The molecule has 0 aliphatic carbocycles. The molecule has 1 saturated heterocycles. The van der Waals surface area contributed by atoms with Crippen LogP contribution in [0.25, 0.3) is 0 Å². The molecule has 0 spiro atoms. The van der Waals surface area contributed by atoms with Crippen LogP contribution < -0.4 is 9.47 Å². The smallest absolute Gasteiger partial charge is 0.335 e. The number of ether oxygens (including phenoxy) is 2. The Labute approximate surface area is 164 Å². The van der Waals surface area contributed by atoms with Crippen molar-refractivity contribution in [3.05, 3.63) is 59.2 Å². The normalized spacial score (nSPS) is 16.5. The van der Waals surface area contributed by atoms with Crippen LogP contribution in [-0.2, 0) is 11.2 Å². The number of hydrogen-bond donors (Lipinski definition) is 1. The number of likely N-dealkylation sites (tertiary alicyclic amines) is 1. The van der Waals surface area contributed by atoms with Crippen molar-refractivity contribution in [2.24, 2.45) is 0 Å². The lowest BCUT2D eigenvalue weighted by Gasteiger charge is -2.33. The third-order valence-electron chi connectivity index (χ3n) is 5.21. The predicted octanol–water partition coefficient (Wildman–Crippen LogP) is 3.35. The number of aromatic carboxylic acids is 1. The van der Waals surface area contributed by atoms with Gasteiger partial charge in [0.15, 0.2) is 0 Å². The summed E-state index contributed by atoms with van der Waals surface area (Å²) in [5.41, 5.74) is 2.08. The van der Waals surface area contributed by atoms with Gasteiger partial charge in [-0.1, -0.05) is 18.2 Å². The molecule has 0 aromatic heterocycles. The van der Waals surface area contributed by atoms with E-state index < -0.39 is 5.97 Å². The molecule has 1 amide bonds. The number of amides is 1. The zero-order valence-electron chi connectivity index (χ0n) is 16.2. The molecule has 1 aliphatic rings. The second-order valence-corrected chi connectivity index (χ2v) is 6.96. The minimum absolute atomic E-state index is 0.0440. The summed E-state index contributed by atoms with van der Waals surface area (Å²) in [6.45, 7) is 1.31. The van der Waals surface area contributed by atoms with Crippen molar-refractivity contribution in [1.82, 2.24) is 4.90 Å². The van der Waals surface area contributed by atoms with Crippen LogP contribution in [0, 0.1) is 0 Å². The lowest BCUT2D eigenvalue weighted by atomic mass is 9.89. The number of piperidine rings is 1. The van der Waals surface area contributed by atoms with Gasteiger partial charge in [0, 0.05) is 30.6 Å². The third-order valence-corrected chi connectivity index (χ3v) is 5.21. The van der Waals surface area contributed by atoms with Gasteiger partial charge in [0.25, 0.3) is 0 Å². The van der Waals surface area contributed by atoms with Crippen molar-refractivity contribution in [1.29, 1.82) is 0 Å². The Bertz CT molecular complexity index is 864. The highest BCUT2D eigenvalue weighted by Gasteiger charge is 2.26. The second kappa shape index (κ2) is 8.78. The molecule has 0 unspecified atom stereocenters. The molecule has 1 atom stereocenters. The van der Waals surface area contributed by atoms with Crippen molar-refractivity contribution < 1.29 is 24.2 Å². The lowest BCUT2D eigenvalue weighted by Crippen LogP contribution is -2.40. The number of methoxy groups -OCH3 is 2. The maximum absolute atomic E-state index is 12.9. The Balaban J connectivity index is 1.71. The Kier molecular flexibility index (Phi) is 6.19. The zero-order valence-corrected chi connectivity index (χ0v) is 16.2. The first-order valence-corrected chi connectivity index (χ1v) is 9.33. The van der Waals surface area contributed by atoms with Gasteiger partial charge in [0.05, 0.1) is 26.2 Å². The first kappa shape index (κ1) is 19.7. The average Bonchev–Trinajstić information content (AvgIpc) is 2.74. The molecular formula is C22H25NO5. The molecule has 6 nitrogen and oxygen atoms in total. The van der Waals surface area contributed by atoms with Crippen molar-refractivity contribution in [3.63, 3.8) is 0 Å². The first-order valence-electron chi connectivity index (χ1n) is 9.33. The van der Waals surface area contributed by atoms with Gasteiger partial charge in [0.2, 0.25) is 5.91 Å². The molecule has 1 N–H and O–H groups in total. The van der Waals surface area contributed by atoms with Gasteiger partial charge in [0.1, 0.15) is 11.5 Å². The highest BCUT2D eigenvalue weighted by atomic mass is 16.5. The summed E-state index contributed by atoms with van der Waals surface area (Å²) in [7, 11) is 3.17. The molecule has 148 valence electrons. The van der Waals surface area contributed by atoms with Crippen LogP contribution >= 0.6 is 0 Å². The quantitative estimate of drug-likeness (QED) is 0.828. The van der Waals surface area contributed by atoms with Gasteiger partial charge >= 0.3 is 5.97 Å². The van der Waals surface area contributed by atoms with Crippen molar-refractivity contribution in [2.75, 3.05) is 27.3 Å². The van der Waals surface area contributed by atoms with Gasteiger partial charge in [-0.15, -0.1) is 0 Å². The van der Waals surface area contributed by atoms with E-state index in [2.05, 4.69) is 0 Å². The summed E-state index contributed by atoms with van der Waals surface area (Å²) in [6.07, 6.45) is 2.10. The molecule has 2 aromatic rings. The van der Waals surface area contributed by atoms with E-state index >= 15 is 0 Å². The standard InChI is InChI=1S/C22H25NO5/c1-27-19-9-8-16(20(13-19)28-2)12-21(24)23-10-4-7-18(14-23)15-5-3-6-17(11-15)22(25)26/h3,5-6,8-9,11,13,18H,4,7,10,12,14H2,1-2H3,(H,25,26)/t18-/m1/s1. The highest BCUT2D eigenvalue weighted by molar-refractivity contribution is 5.87. The van der Waals surface area contributed by atoms with Crippen molar-refractivity contribution in [2.45, 2.75) is 25.2 Å². The predicted molar refractivity (Wildman–Crippen MR) is 105 cm³/mol. The summed E-state index contributed by atoms with van der Waals surface area (Å²) < 4.78 is 10.6. The molecule has 0 saturated carbocycles. The maximum Gasteiger partial charge on any atom is 0.335 e. The Hall–Kier alpha value is -3.02. The Morgan fingerprint density at radius 3 is 2.68 bits per heavy atom. The van der Waals surface area contributed by atoms with E-state index in [0.29, 0.717) is 24.6 Å². The second-order valence-electron chi connectivity index (χ2n) is 6.96. The third kappa shape index (κ3) is 4.44. The fraction of sp³-hybridized carbons (Fsp3) is 0.364. The highest BCUT2D eigenvalue weighted by Crippen LogP contribution is 2.29. The first-order chi connectivity index (χ1) is 13.5. The largest absolute Gasteiger partial charge is 0.497 e. The lowest BCUT2D eigenvalue weighted by molar-refractivity contribution is -0.131. The molecule has 1 heterocycles. The number of carboxylic acids is 1. The summed E-state index contributed by atoms with van der Waals surface area (Å²) in [5, 5.41) is 9.21. The number of hydrogen-bond acceptors (Lipinski definition) is 4. The topological polar surface area (TPSA) is 76.1 Å². The number of carbonyl (C=O) groups excluding carboxylic acids is 1. The summed E-state index contributed by atoms with van der Waals surface area (Å²) in [5.74, 6) is 0.578. The summed E-state index contributed by atoms with van der Waals surface area (Å²) >= 11 is 0. The SMILES string of the molecule is COc1ccc(CC(=O)N2CCC[C@@H](c3cccc(C(=O)O)c3)C2)c(OC)c1. The zero-order chi connectivity index (χ0) is 20.1. The number of nitrogens with zero attached hydrogens (tertiary/aromatic N) is 1. The monoisotopic (exact) mass is 383 g/mol. The van der Waals surface area contributed by atoms with Crippen LogP contribution in [0.1, 0.15) is 40.2 Å². The van der Waals surface area contributed by atoms with E-state index in [9.17, 15) is 14.7 Å². The molecule has 0 bridgehead atoms. The molecule has 3 rings (SSSR count). The average molecular weight is 383 g/mol. The number of carbonyl (C=O) groups is 2. The van der Waals surface area contributed by atoms with Crippen molar-refractivity contribution >= 4 is 11.9 Å². The van der Waals surface area contributed by atoms with Crippen LogP contribution in [0.4, 0.5) is 0 Å². The summed E-state index contributed by atoms with van der Waals surface area (Å²) in [4.78, 5) is 26.0. The Morgan fingerprint density at radius 1 is 1.14 bits per heavy atom.